The summed E-state index contributed by atoms with van der Waals surface area (Å²) in [6, 6.07) is 4.72. The summed E-state index contributed by atoms with van der Waals surface area (Å²) in [4.78, 5) is 15.2. The van der Waals surface area contributed by atoms with Gasteiger partial charge in [0.25, 0.3) is 16.0 Å². The van der Waals surface area contributed by atoms with Crippen molar-refractivity contribution >= 4 is 16.0 Å². The molecule has 94 valence electrons. The molecule has 7 heteroatoms. The number of nitrogens with one attached hydrogen (secondary N) is 1. The van der Waals surface area contributed by atoms with Gasteiger partial charge in [-0.05, 0) is 25.5 Å². The molecule has 0 fully saturated rings. The first-order valence-corrected chi connectivity index (χ1v) is 6.58. The Kier molecular flexibility index (Phi) is 4.59. The van der Waals surface area contributed by atoms with E-state index in [0.717, 1.165) is 0 Å². The van der Waals surface area contributed by atoms with Gasteiger partial charge in [0.1, 0.15) is 5.69 Å². The van der Waals surface area contributed by atoms with Crippen molar-refractivity contribution in [2.75, 3.05) is 0 Å². The normalized spacial score (nSPS) is 13.1. The van der Waals surface area contributed by atoms with Crippen molar-refractivity contribution in [2.24, 2.45) is 0 Å². The number of carbonyl (C=O) groups excluding carboxylic acids is 1. The first kappa shape index (κ1) is 13.6. The van der Waals surface area contributed by atoms with Gasteiger partial charge in [-0.2, -0.15) is 8.42 Å². The molecule has 0 aliphatic heterocycles. The molecule has 1 rings (SSSR count). The first-order chi connectivity index (χ1) is 7.97. The van der Waals surface area contributed by atoms with Crippen molar-refractivity contribution in [3.8, 4) is 0 Å². The Morgan fingerprint density at radius 3 is 2.76 bits per heavy atom. The van der Waals surface area contributed by atoms with E-state index < -0.39 is 21.3 Å². The van der Waals surface area contributed by atoms with Crippen molar-refractivity contribution < 1.29 is 17.5 Å². The molecular weight excluding hydrogens is 244 g/mol. The summed E-state index contributed by atoms with van der Waals surface area (Å²) in [7, 11) is -3.77. The van der Waals surface area contributed by atoms with Crippen LogP contribution in [-0.2, 0) is 14.4 Å². The maximum atomic E-state index is 11.4. The molecular formula is C10H14N2O4S. The van der Waals surface area contributed by atoms with Crippen LogP contribution in [0.1, 0.15) is 30.8 Å². The molecule has 1 unspecified atom stereocenters. The monoisotopic (exact) mass is 258 g/mol. The SMILES string of the molecule is CCC(C)S(=O)(=O)ONC(=O)c1ccccn1. The van der Waals surface area contributed by atoms with Gasteiger partial charge in [-0.1, -0.05) is 13.0 Å². The third-order valence-corrected chi connectivity index (χ3v) is 3.85. The molecule has 0 spiro atoms. The maximum absolute atomic E-state index is 11.4. The van der Waals surface area contributed by atoms with Gasteiger partial charge in [0.05, 0.1) is 5.25 Å². The Hall–Kier alpha value is -1.47. The minimum atomic E-state index is -3.77. The van der Waals surface area contributed by atoms with Crippen LogP contribution in [-0.4, -0.2) is 24.6 Å². The summed E-state index contributed by atoms with van der Waals surface area (Å²) in [5, 5.41) is -0.675. The Bertz CT molecular complexity index is 472. The molecule has 0 aliphatic rings. The van der Waals surface area contributed by atoms with Gasteiger partial charge in [0, 0.05) is 6.20 Å². The molecule has 1 N–H and O–H groups in total. The van der Waals surface area contributed by atoms with Gasteiger partial charge in [0.15, 0.2) is 0 Å². The van der Waals surface area contributed by atoms with E-state index in [2.05, 4.69) is 9.27 Å². The quantitative estimate of drug-likeness (QED) is 0.792. The number of carbonyl (C=O) groups is 1. The molecule has 1 heterocycles. The Balaban J connectivity index is 2.61. The van der Waals surface area contributed by atoms with Crippen LogP contribution in [0.4, 0.5) is 0 Å². The van der Waals surface area contributed by atoms with Crippen molar-refractivity contribution in [3.05, 3.63) is 30.1 Å². The molecule has 0 bridgehead atoms. The third kappa shape index (κ3) is 3.79. The highest BCUT2D eigenvalue weighted by atomic mass is 32.2. The Morgan fingerprint density at radius 2 is 2.24 bits per heavy atom. The average Bonchev–Trinajstić information content (AvgIpc) is 2.36. The van der Waals surface area contributed by atoms with Gasteiger partial charge in [-0.15, -0.1) is 4.28 Å². The zero-order valence-corrected chi connectivity index (χ0v) is 10.4. The predicted octanol–water partition coefficient (Wildman–Crippen LogP) is 0.871. The van der Waals surface area contributed by atoms with Gasteiger partial charge in [-0.25, -0.2) is 5.48 Å². The molecule has 1 amide bonds. The van der Waals surface area contributed by atoms with Crippen LogP contribution in [0, 0.1) is 0 Å². The molecule has 6 nitrogen and oxygen atoms in total. The molecule has 1 atom stereocenters. The highest BCUT2D eigenvalue weighted by Crippen LogP contribution is 2.06. The molecule has 0 aromatic carbocycles. The van der Waals surface area contributed by atoms with E-state index >= 15 is 0 Å². The van der Waals surface area contributed by atoms with E-state index in [0.29, 0.717) is 6.42 Å². The second-order valence-electron chi connectivity index (χ2n) is 3.44. The highest BCUT2D eigenvalue weighted by Gasteiger charge is 2.21. The van der Waals surface area contributed by atoms with Gasteiger partial charge < -0.3 is 0 Å². The second-order valence-corrected chi connectivity index (χ2v) is 5.40. The predicted molar refractivity (Wildman–Crippen MR) is 61.5 cm³/mol. The Labute approximate surface area is 100 Å². The number of hydroxylamine groups is 1. The summed E-state index contributed by atoms with van der Waals surface area (Å²) in [5.74, 6) is -0.697. The number of nitrogens with zero attached hydrogens (tertiary/aromatic N) is 1. The topological polar surface area (TPSA) is 85.4 Å². The average molecular weight is 258 g/mol. The van der Waals surface area contributed by atoms with E-state index in [1.165, 1.54) is 19.2 Å². The summed E-state index contributed by atoms with van der Waals surface area (Å²) in [6.45, 7) is 3.22. The first-order valence-electron chi connectivity index (χ1n) is 5.11. The third-order valence-electron chi connectivity index (χ3n) is 2.22. The zero-order chi connectivity index (χ0) is 12.9. The number of hydrogen-bond acceptors (Lipinski definition) is 5. The van der Waals surface area contributed by atoms with Gasteiger partial charge in [0.2, 0.25) is 0 Å². The number of amides is 1. The fourth-order valence-corrected chi connectivity index (χ4v) is 1.70. The van der Waals surface area contributed by atoms with Crippen LogP contribution in [0.15, 0.2) is 24.4 Å². The van der Waals surface area contributed by atoms with Crippen LogP contribution >= 0.6 is 0 Å². The van der Waals surface area contributed by atoms with Crippen LogP contribution < -0.4 is 5.48 Å². The van der Waals surface area contributed by atoms with Crippen molar-refractivity contribution in [1.29, 1.82) is 0 Å². The molecule has 1 aromatic heterocycles. The summed E-state index contributed by atoms with van der Waals surface area (Å²) < 4.78 is 27.3. The number of pyridine rings is 1. The fourth-order valence-electron chi connectivity index (χ4n) is 0.932. The number of hydrogen-bond donors (Lipinski definition) is 1. The molecule has 0 saturated carbocycles. The number of rotatable bonds is 5. The lowest BCUT2D eigenvalue weighted by Crippen LogP contribution is -2.31. The lowest BCUT2D eigenvalue weighted by molar-refractivity contribution is 0.0762. The summed E-state index contributed by atoms with van der Waals surface area (Å²) in [6.07, 6.45) is 1.83. The summed E-state index contributed by atoms with van der Waals surface area (Å²) >= 11 is 0. The molecule has 0 saturated heterocycles. The number of aromatic nitrogens is 1. The minimum Gasteiger partial charge on any atom is -0.265 e. The van der Waals surface area contributed by atoms with Gasteiger partial charge in [-0.3, -0.25) is 9.78 Å². The van der Waals surface area contributed by atoms with E-state index in [4.69, 9.17) is 0 Å². The van der Waals surface area contributed by atoms with E-state index in [1.54, 1.807) is 19.1 Å². The molecule has 17 heavy (non-hydrogen) atoms. The maximum Gasteiger partial charge on any atom is 0.294 e. The van der Waals surface area contributed by atoms with E-state index in [9.17, 15) is 13.2 Å². The molecule has 0 radical (unpaired) electrons. The zero-order valence-electron chi connectivity index (χ0n) is 9.58. The van der Waals surface area contributed by atoms with E-state index in [-0.39, 0.29) is 5.69 Å². The second kappa shape index (κ2) is 5.74. The molecule has 0 aliphatic carbocycles. The van der Waals surface area contributed by atoms with Crippen molar-refractivity contribution in [2.45, 2.75) is 25.5 Å². The van der Waals surface area contributed by atoms with Crippen LogP contribution in [0.25, 0.3) is 0 Å². The van der Waals surface area contributed by atoms with Crippen LogP contribution in [0.2, 0.25) is 0 Å². The van der Waals surface area contributed by atoms with Gasteiger partial charge >= 0.3 is 0 Å². The minimum absolute atomic E-state index is 0.0897. The molecule has 1 aromatic rings. The van der Waals surface area contributed by atoms with Crippen LogP contribution in [0.3, 0.4) is 0 Å². The smallest absolute Gasteiger partial charge is 0.265 e. The van der Waals surface area contributed by atoms with Crippen molar-refractivity contribution in [1.82, 2.24) is 10.5 Å². The highest BCUT2D eigenvalue weighted by molar-refractivity contribution is 7.87. The Morgan fingerprint density at radius 1 is 1.53 bits per heavy atom. The fraction of sp³-hybridized carbons (Fsp3) is 0.400. The van der Waals surface area contributed by atoms with E-state index in [1.807, 2.05) is 5.48 Å². The standard InChI is InChI=1S/C10H14N2O4S/c1-3-8(2)17(14,15)16-12-10(13)9-6-4-5-7-11-9/h4-8H,3H2,1-2H3,(H,12,13). The summed E-state index contributed by atoms with van der Waals surface area (Å²) in [5.41, 5.74) is 1.95. The lowest BCUT2D eigenvalue weighted by atomic mass is 10.3. The van der Waals surface area contributed by atoms with Crippen molar-refractivity contribution in [3.63, 3.8) is 0 Å². The largest absolute Gasteiger partial charge is 0.294 e. The van der Waals surface area contributed by atoms with Crippen LogP contribution in [0.5, 0.6) is 0 Å². The lowest BCUT2D eigenvalue weighted by Gasteiger charge is -2.10.